The lowest BCUT2D eigenvalue weighted by Gasteiger charge is -2.10. The lowest BCUT2D eigenvalue weighted by molar-refractivity contribution is 0.544. The number of rotatable bonds is 5. The first-order valence-electron chi connectivity index (χ1n) is 4.42. The summed E-state index contributed by atoms with van der Waals surface area (Å²) in [6.45, 7) is 2.43. The molecular formula is C9H15NO3S. The molecule has 1 rings (SSSR count). The van der Waals surface area contributed by atoms with Gasteiger partial charge in [0, 0.05) is 24.4 Å². The van der Waals surface area contributed by atoms with Gasteiger partial charge in [0.1, 0.15) is 9.84 Å². The number of nitrogens with one attached hydrogen (secondary N) is 1. The second kappa shape index (κ2) is 4.61. The maximum atomic E-state index is 10.8. The maximum absolute atomic E-state index is 10.8. The molecule has 1 atom stereocenters. The molecule has 0 saturated carbocycles. The smallest absolute Gasteiger partial charge is 0.148 e. The molecule has 0 aliphatic heterocycles. The van der Waals surface area contributed by atoms with Crippen LogP contribution in [0.5, 0.6) is 0 Å². The third kappa shape index (κ3) is 3.93. The SMILES string of the molecule is CC(NCCS(C)(=O)=O)c1ccoc1. The van der Waals surface area contributed by atoms with Crippen LogP contribution in [0.1, 0.15) is 18.5 Å². The van der Waals surface area contributed by atoms with Gasteiger partial charge in [0.25, 0.3) is 0 Å². The molecule has 0 aliphatic carbocycles. The van der Waals surface area contributed by atoms with Gasteiger partial charge in [0.2, 0.25) is 0 Å². The molecule has 0 amide bonds. The van der Waals surface area contributed by atoms with Crippen LogP contribution >= 0.6 is 0 Å². The zero-order valence-electron chi connectivity index (χ0n) is 8.36. The molecule has 80 valence electrons. The molecule has 0 aliphatic rings. The first kappa shape index (κ1) is 11.3. The van der Waals surface area contributed by atoms with Crippen molar-refractivity contribution in [1.29, 1.82) is 0 Å². The second-order valence-corrected chi connectivity index (χ2v) is 5.62. The second-order valence-electron chi connectivity index (χ2n) is 3.36. The van der Waals surface area contributed by atoms with Crippen molar-refractivity contribution in [3.8, 4) is 0 Å². The molecule has 1 heterocycles. The summed E-state index contributed by atoms with van der Waals surface area (Å²) in [7, 11) is -2.87. The highest BCUT2D eigenvalue weighted by Gasteiger charge is 2.07. The van der Waals surface area contributed by atoms with E-state index in [2.05, 4.69) is 5.32 Å². The van der Waals surface area contributed by atoms with Gasteiger partial charge >= 0.3 is 0 Å². The summed E-state index contributed by atoms with van der Waals surface area (Å²) >= 11 is 0. The normalized spacial score (nSPS) is 14.1. The molecule has 0 saturated heterocycles. The highest BCUT2D eigenvalue weighted by Crippen LogP contribution is 2.11. The molecule has 0 spiro atoms. The van der Waals surface area contributed by atoms with E-state index >= 15 is 0 Å². The number of hydrogen-bond acceptors (Lipinski definition) is 4. The van der Waals surface area contributed by atoms with Gasteiger partial charge in [0.05, 0.1) is 18.3 Å². The van der Waals surface area contributed by atoms with Crippen LogP contribution in [0.4, 0.5) is 0 Å². The summed E-state index contributed by atoms with van der Waals surface area (Å²) in [5.41, 5.74) is 1.03. The minimum absolute atomic E-state index is 0.121. The molecule has 0 aromatic carbocycles. The Morgan fingerprint density at radius 1 is 1.57 bits per heavy atom. The third-order valence-electron chi connectivity index (χ3n) is 1.97. The molecule has 4 nitrogen and oxygen atoms in total. The molecule has 1 N–H and O–H groups in total. The van der Waals surface area contributed by atoms with Crippen LogP contribution in [0.15, 0.2) is 23.0 Å². The maximum Gasteiger partial charge on any atom is 0.148 e. The first-order chi connectivity index (χ1) is 6.49. The molecular weight excluding hydrogens is 202 g/mol. The fraction of sp³-hybridized carbons (Fsp3) is 0.556. The largest absolute Gasteiger partial charge is 0.472 e. The van der Waals surface area contributed by atoms with E-state index in [4.69, 9.17) is 4.42 Å². The molecule has 5 heteroatoms. The van der Waals surface area contributed by atoms with Gasteiger partial charge in [-0.15, -0.1) is 0 Å². The average molecular weight is 217 g/mol. The Labute approximate surface area is 84.2 Å². The molecule has 0 fully saturated rings. The molecule has 0 bridgehead atoms. The summed E-state index contributed by atoms with van der Waals surface area (Å²) in [5.74, 6) is 0.162. The van der Waals surface area contributed by atoms with E-state index in [1.54, 1.807) is 12.5 Å². The summed E-state index contributed by atoms with van der Waals surface area (Å²) in [5, 5.41) is 3.10. The van der Waals surface area contributed by atoms with Crippen molar-refractivity contribution in [2.75, 3.05) is 18.6 Å². The summed E-state index contributed by atoms with van der Waals surface area (Å²) in [6.07, 6.45) is 4.49. The standard InChI is InChI=1S/C9H15NO3S/c1-8(9-3-5-13-7-9)10-4-6-14(2,11)12/h3,5,7-8,10H,4,6H2,1-2H3. The van der Waals surface area contributed by atoms with Gasteiger partial charge in [0.15, 0.2) is 0 Å². The quantitative estimate of drug-likeness (QED) is 0.798. The van der Waals surface area contributed by atoms with Crippen LogP contribution in [-0.2, 0) is 9.84 Å². The summed E-state index contributed by atoms with van der Waals surface area (Å²) in [4.78, 5) is 0. The van der Waals surface area contributed by atoms with Crippen LogP contribution in [0, 0.1) is 0 Å². The van der Waals surface area contributed by atoms with Crippen LogP contribution in [0.25, 0.3) is 0 Å². The van der Waals surface area contributed by atoms with E-state index in [1.807, 2.05) is 13.0 Å². The Bertz CT molecular complexity index is 355. The van der Waals surface area contributed by atoms with Crippen molar-refractivity contribution in [3.63, 3.8) is 0 Å². The van der Waals surface area contributed by atoms with Crippen molar-refractivity contribution in [1.82, 2.24) is 5.32 Å². The predicted molar refractivity (Wildman–Crippen MR) is 54.8 cm³/mol. The Morgan fingerprint density at radius 2 is 2.29 bits per heavy atom. The lowest BCUT2D eigenvalue weighted by atomic mass is 10.2. The Morgan fingerprint density at radius 3 is 2.79 bits per heavy atom. The molecule has 1 unspecified atom stereocenters. The third-order valence-corrected chi connectivity index (χ3v) is 2.91. The van der Waals surface area contributed by atoms with Crippen LogP contribution < -0.4 is 5.32 Å². The van der Waals surface area contributed by atoms with E-state index in [0.717, 1.165) is 5.56 Å². The fourth-order valence-electron chi connectivity index (χ4n) is 1.10. The highest BCUT2D eigenvalue weighted by atomic mass is 32.2. The summed E-state index contributed by atoms with van der Waals surface area (Å²) < 4.78 is 26.6. The topological polar surface area (TPSA) is 59.3 Å². The van der Waals surface area contributed by atoms with Crippen molar-refractivity contribution in [2.45, 2.75) is 13.0 Å². The van der Waals surface area contributed by atoms with E-state index in [0.29, 0.717) is 6.54 Å². The number of furan rings is 1. The van der Waals surface area contributed by atoms with Gasteiger partial charge in [-0.2, -0.15) is 0 Å². The Balaban J connectivity index is 2.33. The first-order valence-corrected chi connectivity index (χ1v) is 6.48. The molecule has 0 radical (unpaired) electrons. The average Bonchev–Trinajstić information content (AvgIpc) is 2.53. The zero-order chi connectivity index (χ0) is 10.6. The van der Waals surface area contributed by atoms with Gasteiger partial charge in [-0.3, -0.25) is 0 Å². The van der Waals surface area contributed by atoms with E-state index < -0.39 is 9.84 Å². The van der Waals surface area contributed by atoms with Crippen molar-refractivity contribution >= 4 is 9.84 Å². The number of sulfone groups is 1. The van der Waals surface area contributed by atoms with Gasteiger partial charge in [-0.1, -0.05) is 0 Å². The fourth-order valence-corrected chi connectivity index (χ4v) is 1.59. The Hall–Kier alpha value is -0.810. The predicted octanol–water partition coefficient (Wildman–Crippen LogP) is 0.975. The van der Waals surface area contributed by atoms with Crippen molar-refractivity contribution in [2.24, 2.45) is 0 Å². The van der Waals surface area contributed by atoms with Gasteiger partial charge in [-0.05, 0) is 13.0 Å². The lowest BCUT2D eigenvalue weighted by Crippen LogP contribution is -2.24. The van der Waals surface area contributed by atoms with E-state index in [1.165, 1.54) is 6.26 Å². The summed E-state index contributed by atoms with van der Waals surface area (Å²) in [6, 6.07) is 1.98. The van der Waals surface area contributed by atoms with Crippen molar-refractivity contribution < 1.29 is 12.8 Å². The zero-order valence-corrected chi connectivity index (χ0v) is 9.17. The van der Waals surface area contributed by atoms with Gasteiger partial charge in [-0.25, -0.2) is 8.42 Å². The minimum atomic E-state index is -2.87. The van der Waals surface area contributed by atoms with Crippen LogP contribution in [0.2, 0.25) is 0 Å². The Kier molecular flexibility index (Phi) is 3.71. The van der Waals surface area contributed by atoms with E-state index in [9.17, 15) is 8.42 Å². The minimum Gasteiger partial charge on any atom is -0.472 e. The molecule has 1 aromatic heterocycles. The van der Waals surface area contributed by atoms with Crippen LogP contribution in [0.3, 0.4) is 0 Å². The monoisotopic (exact) mass is 217 g/mol. The van der Waals surface area contributed by atoms with Gasteiger partial charge < -0.3 is 9.73 Å². The molecule has 14 heavy (non-hydrogen) atoms. The number of hydrogen-bond donors (Lipinski definition) is 1. The van der Waals surface area contributed by atoms with Crippen LogP contribution in [-0.4, -0.2) is 27.0 Å². The van der Waals surface area contributed by atoms with Crippen molar-refractivity contribution in [3.05, 3.63) is 24.2 Å². The van der Waals surface area contributed by atoms with E-state index in [-0.39, 0.29) is 11.8 Å². The highest BCUT2D eigenvalue weighted by molar-refractivity contribution is 7.90. The molecule has 1 aromatic rings.